The smallest absolute Gasteiger partial charge is 0.266 e. The maximum Gasteiger partial charge on any atom is 0.266 e. The number of aromatic nitrogens is 1. The van der Waals surface area contributed by atoms with Crippen molar-refractivity contribution in [3.63, 3.8) is 0 Å². The molecule has 1 aromatic heterocycles. The molecule has 7 heteroatoms. The minimum atomic E-state index is -0.509. The van der Waals surface area contributed by atoms with Gasteiger partial charge in [0.2, 0.25) is 0 Å². The average Bonchev–Trinajstić information content (AvgIpc) is 2.89. The Bertz CT molecular complexity index is 926. The molecule has 142 valence electrons. The van der Waals surface area contributed by atoms with Crippen LogP contribution in [0.5, 0.6) is 0 Å². The van der Waals surface area contributed by atoms with E-state index in [1.807, 2.05) is 26.0 Å². The van der Waals surface area contributed by atoms with Crippen LogP contribution in [0.3, 0.4) is 0 Å². The number of nitrogens with zero attached hydrogens (tertiary/aromatic N) is 2. The third-order valence-electron chi connectivity index (χ3n) is 4.21. The highest BCUT2D eigenvalue weighted by Gasteiger charge is 2.16. The molecule has 27 heavy (non-hydrogen) atoms. The third-order valence-corrected chi connectivity index (χ3v) is 4.95. The molecule has 0 aliphatic carbocycles. The molecular weight excluding hydrogens is 385 g/mol. The van der Waals surface area contributed by atoms with Crippen molar-refractivity contribution < 1.29 is 9.53 Å². The molecule has 0 radical (unpaired) electrons. The van der Waals surface area contributed by atoms with Gasteiger partial charge in [-0.1, -0.05) is 23.2 Å². The van der Waals surface area contributed by atoms with Crippen molar-refractivity contribution in [3.8, 4) is 6.07 Å². The number of benzene rings is 1. The van der Waals surface area contributed by atoms with Gasteiger partial charge in [-0.15, -0.1) is 0 Å². The fourth-order valence-corrected chi connectivity index (χ4v) is 3.32. The Morgan fingerprint density at radius 1 is 1.33 bits per heavy atom. The van der Waals surface area contributed by atoms with Crippen LogP contribution in [0.2, 0.25) is 10.0 Å². The number of nitrogens with one attached hydrogen (secondary N) is 1. The summed E-state index contributed by atoms with van der Waals surface area (Å²) in [6.07, 6.45) is 1.59. The Morgan fingerprint density at radius 3 is 2.63 bits per heavy atom. The van der Waals surface area contributed by atoms with Crippen molar-refractivity contribution in [2.75, 3.05) is 19.0 Å². The predicted octanol–water partition coefficient (Wildman–Crippen LogP) is 5.16. The number of anilines is 1. The molecule has 1 unspecified atom stereocenters. The van der Waals surface area contributed by atoms with Gasteiger partial charge in [-0.2, -0.15) is 5.26 Å². The number of methoxy groups -OCH3 is 1. The SMILES string of the molecule is COCC(C)n1c(C)cc(/C=C(\C#N)C(=O)Nc2ccc(Cl)c(Cl)c2)c1C. The second kappa shape index (κ2) is 9.09. The first-order chi connectivity index (χ1) is 12.8. The van der Waals surface area contributed by atoms with Gasteiger partial charge in [-0.3, -0.25) is 4.79 Å². The van der Waals surface area contributed by atoms with Crippen LogP contribution in [-0.2, 0) is 9.53 Å². The van der Waals surface area contributed by atoms with E-state index in [0.29, 0.717) is 22.3 Å². The number of halogens is 2. The van der Waals surface area contributed by atoms with Crippen LogP contribution in [0.25, 0.3) is 6.08 Å². The highest BCUT2D eigenvalue weighted by molar-refractivity contribution is 6.42. The number of rotatable bonds is 6. The lowest BCUT2D eigenvalue weighted by atomic mass is 10.1. The van der Waals surface area contributed by atoms with E-state index < -0.39 is 5.91 Å². The summed E-state index contributed by atoms with van der Waals surface area (Å²) in [5.74, 6) is -0.509. The van der Waals surface area contributed by atoms with E-state index in [1.165, 1.54) is 6.07 Å². The van der Waals surface area contributed by atoms with Gasteiger partial charge in [0.05, 0.1) is 22.7 Å². The van der Waals surface area contributed by atoms with Gasteiger partial charge in [0.15, 0.2) is 0 Å². The highest BCUT2D eigenvalue weighted by Crippen LogP contribution is 2.26. The zero-order chi connectivity index (χ0) is 20.1. The van der Waals surface area contributed by atoms with Crippen LogP contribution in [0, 0.1) is 25.2 Å². The van der Waals surface area contributed by atoms with Gasteiger partial charge in [0.25, 0.3) is 5.91 Å². The molecule has 2 aromatic rings. The Kier molecular flexibility index (Phi) is 7.09. The van der Waals surface area contributed by atoms with E-state index in [1.54, 1.807) is 25.3 Å². The van der Waals surface area contributed by atoms with Crippen LogP contribution in [-0.4, -0.2) is 24.2 Å². The first-order valence-electron chi connectivity index (χ1n) is 8.34. The van der Waals surface area contributed by atoms with Crippen LogP contribution in [0.15, 0.2) is 29.8 Å². The normalized spacial score (nSPS) is 12.6. The number of ether oxygens (including phenoxy) is 1. The van der Waals surface area contributed by atoms with E-state index in [9.17, 15) is 10.1 Å². The number of aryl methyl sites for hydroxylation is 1. The zero-order valence-corrected chi connectivity index (χ0v) is 17.1. The summed E-state index contributed by atoms with van der Waals surface area (Å²) in [4.78, 5) is 12.5. The minimum Gasteiger partial charge on any atom is -0.383 e. The Hall–Kier alpha value is -2.26. The van der Waals surface area contributed by atoms with Crippen molar-refractivity contribution in [1.82, 2.24) is 4.57 Å². The van der Waals surface area contributed by atoms with Crippen molar-refractivity contribution in [1.29, 1.82) is 5.26 Å². The summed E-state index contributed by atoms with van der Waals surface area (Å²) in [5, 5.41) is 12.8. The number of hydrogen-bond donors (Lipinski definition) is 1. The highest BCUT2D eigenvalue weighted by atomic mass is 35.5. The summed E-state index contributed by atoms with van der Waals surface area (Å²) in [6.45, 7) is 6.57. The van der Waals surface area contributed by atoms with Gasteiger partial charge in [0.1, 0.15) is 11.6 Å². The zero-order valence-electron chi connectivity index (χ0n) is 15.6. The van der Waals surface area contributed by atoms with Crippen molar-refractivity contribution in [3.05, 3.63) is 56.8 Å². The van der Waals surface area contributed by atoms with Gasteiger partial charge < -0.3 is 14.6 Å². The van der Waals surface area contributed by atoms with Gasteiger partial charge in [0, 0.05) is 24.2 Å². The molecule has 0 fully saturated rings. The summed E-state index contributed by atoms with van der Waals surface area (Å²) in [7, 11) is 1.66. The molecule has 0 spiro atoms. The molecule has 1 aromatic carbocycles. The fourth-order valence-electron chi connectivity index (χ4n) is 3.02. The maximum absolute atomic E-state index is 12.5. The second-order valence-corrected chi connectivity index (χ2v) is 7.07. The van der Waals surface area contributed by atoms with Crippen molar-refractivity contribution in [2.45, 2.75) is 26.8 Å². The summed E-state index contributed by atoms with van der Waals surface area (Å²) >= 11 is 11.8. The van der Waals surface area contributed by atoms with E-state index in [2.05, 4.69) is 16.8 Å². The van der Waals surface area contributed by atoms with Gasteiger partial charge >= 0.3 is 0 Å². The Labute approximate surface area is 169 Å². The average molecular weight is 406 g/mol. The standard InChI is InChI=1S/C20H21Cl2N3O2/c1-12-7-15(14(3)25(12)13(2)11-27-4)8-16(10-23)20(26)24-17-5-6-18(21)19(22)9-17/h5-9,13H,11H2,1-4H3,(H,24,26)/b16-8+. The molecule has 2 rings (SSSR count). The van der Waals surface area contributed by atoms with E-state index in [0.717, 1.165) is 17.0 Å². The van der Waals surface area contributed by atoms with Gasteiger partial charge in [-0.05, 0) is 56.7 Å². The lowest BCUT2D eigenvalue weighted by Crippen LogP contribution is -2.14. The molecule has 0 bridgehead atoms. The van der Waals surface area contributed by atoms with Gasteiger partial charge in [-0.25, -0.2) is 0 Å². The van der Waals surface area contributed by atoms with Crippen molar-refractivity contribution in [2.24, 2.45) is 0 Å². The van der Waals surface area contributed by atoms with E-state index in [-0.39, 0.29) is 11.6 Å². The Balaban J connectivity index is 2.30. The number of amides is 1. The van der Waals surface area contributed by atoms with Crippen LogP contribution in [0.1, 0.15) is 29.9 Å². The summed E-state index contributed by atoms with van der Waals surface area (Å²) < 4.78 is 7.36. The van der Waals surface area contributed by atoms with Crippen LogP contribution in [0.4, 0.5) is 5.69 Å². The quantitative estimate of drug-likeness (QED) is 0.532. The first kappa shape index (κ1) is 21.0. The molecule has 1 N–H and O–H groups in total. The lowest BCUT2D eigenvalue weighted by molar-refractivity contribution is -0.112. The number of hydrogen-bond acceptors (Lipinski definition) is 3. The number of carbonyl (C=O) groups is 1. The van der Waals surface area contributed by atoms with E-state index >= 15 is 0 Å². The maximum atomic E-state index is 12.5. The molecule has 0 aliphatic heterocycles. The molecule has 1 amide bonds. The summed E-state index contributed by atoms with van der Waals surface area (Å²) in [6, 6.07) is 8.80. The number of carbonyl (C=O) groups excluding carboxylic acids is 1. The molecule has 1 heterocycles. The molecule has 0 saturated heterocycles. The van der Waals surface area contributed by atoms with Crippen LogP contribution < -0.4 is 5.32 Å². The molecule has 1 atom stereocenters. The summed E-state index contributed by atoms with van der Waals surface area (Å²) in [5.41, 5.74) is 3.28. The number of nitriles is 1. The Morgan fingerprint density at radius 2 is 2.04 bits per heavy atom. The monoisotopic (exact) mass is 405 g/mol. The molecule has 0 saturated carbocycles. The second-order valence-electron chi connectivity index (χ2n) is 6.25. The third kappa shape index (κ3) is 4.92. The topological polar surface area (TPSA) is 67.0 Å². The van der Waals surface area contributed by atoms with E-state index in [4.69, 9.17) is 27.9 Å². The predicted molar refractivity (Wildman–Crippen MR) is 109 cm³/mol. The van der Waals surface area contributed by atoms with Crippen LogP contribution >= 0.6 is 23.2 Å². The van der Waals surface area contributed by atoms with Crippen molar-refractivity contribution >= 4 is 40.9 Å². The molecule has 5 nitrogen and oxygen atoms in total. The molecule has 0 aliphatic rings. The largest absolute Gasteiger partial charge is 0.383 e. The minimum absolute atomic E-state index is 0.000664. The first-order valence-corrected chi connectivity index (χ1v) is 9.09. The molecular formula is C20H21Cl2N3O2. The lowest BCUT2D eigenvalue weighted by Gasteiger charge is -2.17. The fraction of sp³-hybridized carbons (Fsp3) is 0.300.